The lowest BCUT2D eigenvalue weighted by Gasteiger charge is -2.26. The summed E-state index contributed by atoms with van der Waals surface area (Å²) in [6.07, 6.45) is 6.06. The van der Waals surface area contributed by atoms with Gasteiger partial charge in [-0.2, -0.15) is 0 Å². The molecule has 0 aromatic carbocycles. The van der Waals surface area contributed by atoms with Crippen LogP contribution >= 0.6 is 0 Å². The maximum Gasteiger partial charge on any atom is 0.307 e. The van der Waals surface area contributed by atoms with Crippen LogP contribution < -0.4 is 5.32 Å². The predicted octanol–water partition coefficient (Wildman–Crippen LogP) is 1.82. The minimum Gasteiger partial charge on any atom is -0.466 e. The van der Waals surface area contributed by atoms with E-state index < -0.39 is 0 Å². The topological polar surface area (TPSA) is 55.4 Å². The third-order valence-electron chi connectivity index (χ3n) is 3.21. The van der Waals surface area contributed by atoms with E-state index in [0.29, 0.717) is 12.6 Å². The van der Waals surface area contributed by atoms with Crippen molar-refractivity contribution in [2.75, 3.05) is 6.61 Å². The van der Waals surface area contributed by atoms with Gasteiger partial charge in [0.2, 0.25) is 0 Å². The van der Waals surface area contributed by atoms with Crippen molar-refractivity contribution in [1.82, 2.24) is 5.32 Å². The van der Waals surface area contributed by atoms with Crippen LogP contribution in [-0.2, 0) is 14.3 Å². The van der Waals surface area contributed by atoms with Crippen molar-refractivity contribution in [3.8, 4) is 0 Å². The summed E-state index contributed by atoms with van der Waals surface area (Å²) in [4.78, 5) is 22.9. The monoisotopic (exact) mass is 241 g/mol. The molecule has 0 spiro atoms. The van der Waals surface area contributed by atoms with Crippen molar-refractivity contribution in [3.05, 3.63) is 0 Å². The van der Waals surface area contributed by atoms with Gasteiger partial charge in [0.1, 0.15) is 5.78 Å². The number of hydrogen-bond donors (Lipinski definition) is 1. The first-order valence-corrected chi connectivity index (χ1v) is 6.55. The van der Waals surface area contributed by atoms with E-state index in [-0.39, 0.29) is 24.2 Å². The first-order valence-electron chi connectivity index (χ1n) is 6.55. The first-order chi connectivity index (χ1) is 8.13. The number of ether oxygens (including phenoxy) is 1. The van der Waals surface area contributed by atoms with Crippen LogP contribution in [0, 0.1) is 0 Å². The van der Waals surface area contributed by atoms with Gasteiger partial charge in [-0.05, 0) is 26.7 Å². The molecule has 0 amide bonds. The van der Waals surface area contributed by atoms with E-state index in [1.54, 1.807) is 6.92 Å². The van der Waals surface area contributed by atoms with Gasteiger partial charge in [-0.25, -0.2) is 0 Å². The van der Waals surface area contributed by atoms with Crippen molar-refractivity contribution in [1.29, 1.82) is 0 Å². The quantitative estimate of drug-likeness (QED) is 0.721. The highest BCUT2D eigenvalue weighted by atomic mass is 16.5. The summed E-state index contributed by atoms with van der Waals surface area (Å²) >= 11 is 0. The number of carbonyl (C=O) groups excluding carboxylic acids is 2. The van der Waals surface area contributed by atoms with Crippen molar-refractivity contribution in [2.24, 2.45) is 0 Å². The molecule has 4 nitrogen and oxygen atoms in total. The van der Waals surface area contributed by atoms with Crippen molar-refractivity contribution >= 4 is 11.8 Å². The Bertz CT molecular complexity index is 259. The zero-order valence-electron chi connectivity index (χ0n) is 10.8. The highest BCUT2D eigenvalue weighted by molar-refractivity contribution is 5.86. The van der Waals surface area contributed by atoms with Crippen LogP contribution in [0.1, 0.15) is 52.4 Å². The van der Waals surface area contributed by atoms with Gasteiger partial charge in [0.15, 0.2) is 0 Å². The molecule has 0 heterocycles. The first kappa shape index (κ1) is 14.2. The van der Waals surface area contributed by atoms with Gasteiger partial charge in [-0.3, -0.25) is 9.59 Å². The largest absolute Gasteiger partial charge is 0.466 e. The van der Waals surface area contributed by atoms with Gasteiger partial charge in [0, 0.05) is 6.04 Å². The summed E-state index contributed by atoms with van der Waals surface area (Å²) in [6.45, 7) is 3.67. The highest BCUT2D eigenvalue weighted by Crippen LogP contribution is 2.18. The van der Waals surface area contributed by atoms with E-state index in [0.717, 1.165) is 12.8 Å². The molecule has 1 rings (SSSR count). The molecule has 17 heavy (non-hydrogen) atoms. The molecule has 0 radical (unpaired) electrons. The molecule has 0 aromatic rings. The van der Waals surface area contributed by atoms with E-state index >= 15 is 0 Å². The van der Waals surface area contributed by atoms with Crippen LogP contribution in [0.5, 0.6) is 0 Å². The number of esters is 1. The lowest BCUT2D eigenvalue weighted by atomic mass is 9.94. The van der Waals surface area contributed by atoms with Gasteiger partial charge >= 0.3 is 5.97 Å². The van der Waals surface area contributed by atoms with Gasteiger partial charge < -0.3 is 10.1 Å². The molecule has 1 aliphatic rings. The SMILES string of the molecule is CCOC(=O)CC(NC1CCCCC1)C(C)=O. The fourth-order valence-corrected chi connectivity index (χ4v) is 2.26. The summed E-state index contributed by atoms with van der Waals surface area (Å²) in [6, 6.07) is 0.00391. The zero-order valence-corrected chi connectivity index (χ0v) is 10.8. The Morgan fingerprint density at radius 2 is 1.94 bits per heavy atom. The Hall–Kier alpha value is -0.900. The molecule has 1 aliphatic carbocycles. The number of nitrogens with one attached hydrogen (secondary N) is 1. The van der Waals surface area contributed by atoms with Gasteiger partial charge in [0.05, 0.1) is 19.1 Å². The number of Topliss-reactive ketones (excluding diaryl/α,β-unsaturated/α-hetero) is 1. The van der Waals surface area contributed by atoms with Gasteiger partial charge in [-0.15, -0.1) is 0 Å². The molecular weight excluding hydrogens is 218 g/mol. The molecule has 1 fully saturated rings. The smallest absolute Gasteiger partial charge is 0.307 e. The van der Waals surface area contributed by atoms with Crippen LogP contribution in [0.3, 0.4) is 0 Å². The Morgan fingerprint density at radius 1 is 1.29 bits per heavy atom. The number of hydrogen-bond acceptors (Lipinski definition) is 4. The second-order valence-corrected chi connectivity index (χ2v) is 4.67. The number of ketones is 1. The molecule has 1 N–H and O–H groups in total. The Balaban J connectivity index is 2.41. The maximum absolute atomic E-state index is 11.5. The summed E-state index contributed by atoms with van der Waals surface area (Å²) in [5, 5.41) is 3.29. The molecule has 0 saturated heterocycles. The third-order valence-corrected chi connectivity index (χ3v) is 3.21. The highest BCUT2D eigenvalue weighted by Gasteiger charge is 2.23. The lowest BCUT2D eigenvalue weighted by Crippen LogP contribution is -2.44. The molecule has 4 heteroatoms. The Morgan fingerprint density at radius 3 is 2.47 bits per heavy atom. The van der Waals surface area contributed by atoms with E-state index in [1.165, 1.54) is 26.2 Å². The summed E-state index contributed by atoms with van der Waals surface area (Å²) < 4.78 is 4.88. The molecule has 1 unspecified atom stereocenters. The third kappa shape index (κ3) is 5.31. The molecule has 98 valence electrons. The molecule has 0 aromatic heterocycles. The number of rotatable bonds is 6. The molecule has 0 aliphatic heterocycles. The zero-order chi connectivity index (χ0) is 12.7. The number of carbonyl (C=O) groups is 2. The second kappa shape index (κ2) is 7.43. The molecule has 1 saturated carbocycles. The standard InChI is InChI=1S/C13H23NO3/c1-3-17-13(16)9-12(10(2)15)14-11-7-5-4-6-8-11/h11-12,14H,3-9H2,1-2H3. The minimum absolute atomic E-state index is 0.0172. The van der Waals surface area contributed by atoms with Crippen LogP contribution in [-0.4, -0.2) is 30.4 Å². The van der Waals surface area contributed by atoms with Crippen molar-refractivity contribution < 1.29 is 14.3 Å². The minimum atomic E-state index is -0.378. The van der Waals surface area contributed by atoms with Crippen LogP contribution in [0.25, 0.3) is 0 Å². The second-order valence-electron chi connectivity index (χ2n) is 4.67. The predicted molar refractivity (Wildman–Crippen MR) is 65.7 cm³/mol. The Labute approximate surface area is 103 Å². The average Bonchev–Trinajstić information content (AvgIpc) is 2.29. The fraction of sp³-hybridized carbons (Fsp3) is 0.846. The van der Waals surface area contributed by atoms with Crippen molar-refractivity contribution in [3.63, 3.8) is 0 Å². The van der Waals surface area contributed by atoms with Gasteiger partial charge in [0.25, 0.3) is 0 Å². The Kier molecular flexibility index (Phi) is 6.19. The summed E-state index contributed by atoms with van der Waals surface area (Å²) in [7, 11) is 0. The van der Waals surface area contributed by atoms with E-state index in [4.69, 9.17) is 4.74 Å². The maximum atomic E-state index is 11.5. The van der Waals surface area contributed by atoms with E-state index in [2.05, 4.69) is 5.32 Å². The summed E-state index contributed by atoms with van der Waals surface area (Å²) in [5.41, 5.74) is 0. The van der Waals surface area contributed by atoms with Crippen LogP contribution in [0.15, 0.2) is 0 Å². The van der Waals surface area contributed by atoms with Crippen molar-refractivity contribution in [2.45, 2.75) is 64.5 Å². The van der Waals surface area contributed by atoms with E-state index in [9.17, 15) is 9.59 Å². The van der Waals surface area contributed by atoms with Gasteiger partial charge in [-0.1, -0.05) is 19.3 Å². The normalized spacial score (nSPS) is 18.7. The molecule has 1 atom stereocenters. The molecular formula is C13H23NO3. The van der Waals surface area contributed by atoms with Crippen LogP contribution in [0.4, 0.5) is 0 Å². The fourth-order valence-electron chi connectivity index (χ4n) is 2.26. The lowest BCUT2D eigenvalue weighted by molar-refractivity contribution is -0.145. The van der Waals surface area contributed by atoms with E-state index in [1.807, 2.05) is 0 Å². The average molecular weight is 241 g/mol. The summed E-state index contributed by atoms with van der Waals surface area (Å²) in [5.74, 6) is -0.278. The molecule has 0 bridgehead atoms. The van der Waals surface area contributed by atoms with Crippen LogP contribution in [0.2, 0.25) is 0 Å².